The molecule has 0 atom stereocenters. The van der Waals surface area contributed by atoms with Crippen LogP contribution in [0.3, 0.4) is 0 Å². The van der Waals surface area contributed by atoms with Gasteiger partial charge in [0.25, 0.3) is 5.01 Å². The Morgan fingerprint density at radius 1 is 0.838 bits per heavy atom. The van der Waals surface area contributed by atoms with Gasteiger partial charge in [0.05, 0.1) is 54.9 Å². The number of aryl methyl sites for hydroxylation is 1. The van der Waals surface area contributed by atoms with Crippen molar-refractivity contribution < 1.29 is 85.5 Å². The van der Waals surface area contributed by atoms with Crippen LogP contribution in [0.2, 0.25) is 0 Å². The number of halogens is 3. The number of hydrogen-bond acceptors (Lipinski definition) is 2. The molecule has 204 valence electrons. The fourth-order valence-electron chi connectivity index (χ4n) is 4.76. The summed E-state index contributed by atoms with van der Waals surface area (Å²) >= 11 is 1.85. The summed E-state index contributed by atoms with van der Waals surface area (Å²) in [5.74, 6) is 0. The monoisotopic (exact) mass is 858 g/mol. The molecule has 0 bridgehead atoms. The minimum atomic E-state index is 0. The average molecular weight is 858 g/mol. The van der Waals surface area contributed by atoms with Crippen LogP contribution in [0.15, 0.2) is 60.8 Å². The summed E-state index contributed by atoms with van der Waals surface area (Å²) in [6, 6.07) is 17.5. The number of hydrogen-bond donors (Lipinski definition) is 0. The average Bonchev–Trinajstić information content (AvgIpc) is 3.09. The van der Waals surface area contributed by atoms with Crippen molar-refractivity contribution in [2.24, 2.45) is 7.05 Å². The van der Waals surface area contributed by atoms with E-state index in [1.54, 1.807) is 0 Å². The van der Waals surface area contributed by atoms with Gasteiger partial charge in [-0.15, -0.1) is 0 Å². The number of rotatable bonds is 9. The maximum absolute atomic E-state index is 2.43. The summed E-state index contributed by atoms with van der Waals surface area (Å²) in [7, 11) is 13.8. The Bertz CT molecular complexity index is 1210. The lowest BCUT2D eigenvalue weighted by molar-refractivity contribution is -0.902. The van der Waals surface area contributed by atoms with Crippen molar-refractivity contribution in [3.8, 4) is 0 Å². The van der Waals surface area contributed by atoms with Crippen molar-refractivity contribution in [3.63, 3.8) is 0 Å². The Balaban J connectivity index is 0.00000228. The molecule has 0 aliphatic carbocycles. The van der Waals surface area contributed by atoms with E-state index in [0.29, 0.717) is 0 Å². The van der Waals surface area contributed by atoms with Crippen molar-refractivity contribution in [1.82, 2.24) is 0 Å². The number of thiazole rings is 1. The van der Waals surface area contributed by atoms with Crippen LogP contribution in [0.25, 0.3) is 21.9 Å². The minimum Gasteiger partial charge on any atom is -1.00 e. The zero-order valence-electron chi connectivity index (χ0n) is 22.9. The predicted molar refractivity (Wildman–Crippen MR) is 148 cm³/mol. The topological polar surface area (TPSA) is 7.12 Å². The molecule has 0 spiro atoms. The summed E-state index contributed by atoms with van der Waals surface area (Å²) in [5, 5.41) is 1.28. The van der Waals surface area contributed by atoms with E-state index in [2.05, 4.69) is 119 Å². The lowest BCUT2D eigenvalue weighted by Gasteiger charge is -2.33. The maximum Gasteiger partial charge on any atom is 0.263 e. The Morgan fingerprint density at radius 2 is 1.49 bits per heavy atom. The third-order valence-corrected chi connectivity index (χ3v) is 7.93. The van der Waals surface area contributed by atoms with Gasteiger partial charge in [-0.2, -0.15) is 4.57 Å². The van der Waals surface area contributed by atoms with Gasteiger partial charge in [0.15, 0.2) is 0 Å². The van der Waals surface area contributed by atoms with Crippen molar-refractivity contribution in [1.29, 1.82) is 0 Å². The summed E-state index contributed by atoms with van der Waals surface area (Å²) in [5.41, 5.74) is 5.20. The zero-order valence-corrected chi connectivity index (χ0v) is 30.2. The number of anilines is 1. The third kappa shape index (κ3) is 9.40. The number of nitrogens with zero attached hydrogens (tertiary/aromatic N) is 4. The van der Waals surface area contributed by atoms with Crippen LogP contribution >= 0.6 is 11.3 Å². The minimum absolute atomic E-state index is 0. The number of quaternary nitrogens is 2. The molecule has 1 aliphatic rings. The second-order valence-corrected chi connectivity index (χ2v) is 12.3. The summed E-state index contributed by atoms with van der Waals surface area (Å²) in [6.45, 7) is 4.72. The second kappa shape index (κ2) is 14.9. The van der Waals surface area contributed by atoms with Crippen LogP contribution in [-0.2, 0) is 7.05 Å². The van der Waals surface area contributed by atoms with E-state index in [0.717, 1.165) is 15.5 Å². The van der Waals surface area contributed by atoms with E-state index in [-0.39, 0.29) is 71.9 Å². The molecule has 0 unspecified atom stereocenters. The van der Waals surface area contributed by atoms with E-state index < -0.39 is 0 Å². The van der Waals surface area contributed by atoms with Crippen molar-refractivity contribution in [3.05, 3.63) is 71.4 Å². The largest absolute Gasteiger partial charge is 1.00 e. The molecule has 4 nitrogen and oxygen atoms in total. The molecule has 2 heterocycles. The van der Waals surface area contributed by atoms with Gasteiger partial charge in [-0.25, -0.2) is 0 Å². The van der Waals surface area contributed by atoms with E-state index in [1.807, 2.05) is 11.3 Å². The molecule has 0 radical (unpaired) electrons. The predicted octanol–water partition coefficient (Wildman–Crippen LogP) is -3.83. The number of allylic oxidation sites excluding steroid dienone is 2. The molecule has 0 N–H and O–H groups in total. The molecule has 8 heteroatoms. The number of para-hydroxylation sites is 2. The zero-order chi connectivity index (χ0) is 24.3. The first-order valence-electron chi connectivity index (χ1n) is 12.4. The molecular formula is C29H41I3N4S. The molecule has 0 saturated heterocycles. The van der Waals surface area contributed by atoms with Crippen LogP contribution in [0.5, 0.6) is 0 Å². The Hall–Kier alpha value is -0.280. The highest BCUT2D eigenvalue weighted by Crippen LogP contribution is 2.34. The SMILES string of the molecule is C[n+]1c(C=C2C=CN(CCC[N+](C)(C)CCC[N+](C)(C)C)c3ccccc32)sc2ccccc21.[I-].[I-].[I-]. The Labute approximate surface area is 279 Å². The Morgan fingerprint density at radius 3 is 2.19 bits per heavy atom. The highest BCUT2D eigenvalue weighted by atomic mass is 127. The van der Waals surface area contributed by atoms with Crippen molar-refractivity contribution in [2.45, 2.75) is 12.8 Å². The fraction of sp³-hybridized carbons (Fsp3) is 0.414. The number of aromatic nitrogens is 1. The van der Waals surface area contributed by atoms with Gasteiger partial charge in [0.1, 0.15) is 11.7 Å². The molecule has 1 aromatic heterocycles. The first kappa shape index (κ1) is 34.7. The van der Waals surface area contributed by atoms with Gasteiger partial charge < -0.3 is 85.8 Å². The van der Waals surface area contributed by atoms with Gasteiger partial charge in [0, 0.05) is 49.0 Å². The van der Waals surface area contributed by atoms with Crippen LogP contribution in [0, 0.1) is 0 Å². The number of benzene rings is 2. The van der Waals surface area contributed by atoms with Gasteiger partial charge in [-0.1, -0.05) is 41.7 Å². The highest BCUT2D eigenvalue weighted by Gasteiger charge is 2.21. The molecule has 2 aromatic carbocycles. The first-order chi connectivity index (χ1) is 16.1. The molecule has 1 aliphatic heterocycles. The fourth-order valence-corrected chi connectivity index (χ4v) is 5.87. The molecule has 37 heavy (non-hydrogen) atoms. The van der Waals surface area contributed by atoms with E-state index in [9.17, 15) is 0 Å². The van der Waals surface area contributed by atoms with Gasteiger partial charge >= 0.3 is 0 Å². The normalized spacial score (nSPS) is 14.1. The molecule has 0 saturated carbocycles. The van der Waals surface area contributed by atoms with Gasteiger partial charge in [-0.05, 0) is 23.8 Å². The quantitative estimate of drug-likeness (QED) is 0.122. The number of fused-ring (bicyclic) bond motifs is 2. The van der Waals surface area contributed by atoms with Gasteiger partial charge in [0.2, 0.25) is 5.52 Å². The van der Waals surface area contributed by atoms with Crippen molar-refractivity contribution in [2.75, 3.05) is 66.3 Å². The summed E-state index contributed by atoms with van der Waals surface area (Å²) in [6.07, 6.45) is 9.35. The van der Waals surface area contributed by atoms with E-state index in [1.165, 1.54) is 64.5 Å². The molecular weight excluding hydrogens is 817 g/mol. The van der Waals surface area contributed by atoms with E-state index >= 15 is 0 Å². The first-order valence-corrected chi connectivity index (χ1v) is 13.2. The van der Waals surface area contributed by atoms with Crippen LogP contribution in [0.4, 0.5) is 5.69 Å². The molecule has 4 rings (SSSR count). The lowest BCUT2D eigenvalue weighted by atomic mass is 9.99. The van der Waals surface area contributed by atoms with Crippen LogP contribution in [0.1, 0.15) is 23.4 Å². The molecule has 3 aromatic rings. The van der Waals surface area contributed by atoms with Crippen LogP contribution in [-0.4, -0.2) is 70.4 Å². The van der Waals surface area contributed by atoms with Gasteiger partial charge in [-0.3, -0.25) is 0 Å². The molecule has 0 fully saturated rings. The molecule has 0 amide bonds. The summed E-state index contributed by atoms with van der Waals surface area (Å²) in [4.78, 5) is 2.43. The lowest BCUT2D eigenvalue weighted by Crippen LogP contribution is -3.00. The maximum atomic E-state index is 2.43. The second-order valence-electron chi connectivity index (χ2n) is 11.2. The summed E-state index contributed by atoms with van der Waals surface area (Å²) < 4.78 is 5.76. The van der Waals surface area contributed by atoms with Crippen LogP contribution < -0.4 is 81.4 Å². The smallest absolute Gasteiger partial charge is 0.263 e. The third-order valence-electron chi connectivity index (χ3n) is 6.76. The Kier molecular flexibility index (Phi) is 14.0. The van der Waals surface area contributed by atoms with E-state index in [4.69, 9.17) is 0 Å². The van der Waals surface area contributed by atoms with Crippen molar-refractivity contribution >= 4 is 38.9 Å². The highest BCUT2D eigenvalue weighted by molar-refractivity contribution is 7.18. The standard InChI is InChI=1S/C29H41N4S.3HI/c1-30-27-15-9-10-16-28(27)34-29(30)23-24-17-19-31(26-14-8-7-13-25(24)26)18-11-21-33(5,6)22-12-20-32(2,3)4;;;/h7-10,13-17,19,23H,11-12,18,20-22H2,1-6H3;3*1H/q+3;;;/p-3.